The molecule has 3 aliphatic rings. The van der Waals surface area contributed by atoms with Gasteiger partial charge in [0.1, 0.15) is 0 Å². The van der Waals surface area contributed by atoms with Crippen LogP contribution in [0.5, 0.6) is 0 Å². The maximum Gasteiger partial charge on any atom is 0.227 e. The first-order valence-corrected chi connectivity index (χ1v) is 12.9. The molecule has 2 aromatic carbocycles. The minimum absolute atomic E-state index is 0.0425. The molecule has 30 heavy (non-hydrogen) atoms. The summed E-state index contributed by atoms with van der Waals surface area (Å²) < 4.78 is 25.8. The molecule has 2 aromatic rings. The van der Waals surface area contributed by atoms with Crippen molar-refractivity contribution < 1.29 is 13.2 Å². The van der Waals surface area contributed by atoms with Gasteiger partial charge in [-0.15, -0.1) is 0 Å². The molecule has 0 saturated heterocycles. The van der Waals surface area contributed by atoms with Crippen molar-refractivity contribution >= 4 is 21.4 Å². The van der Waals surface area contributed by atoms with E-state index < -0.39 is 9.84 Å². The molecule has 0 N–H and O–H groups in total. The standard InChI is InChI=1S/C25H29NO3S/c1-18-4-2-5-20(12-18)16-30(28,29)17-21-8-9-23-22(13-21)25(10-3-11-25)14-24(27)26(23)15-19-6-7-19/h2,4-5,8-9,12-13,19H,3,6-7,10-11,14-17H2,1H3. The second-order valence-corrected chi connectivity index (χ2v) is 11.7. The minimum atomic E-state index is -3.27. The highest BCUT2D eigenvalue weighted by molar-refractivity contribution is 7.89. The molecule has 2 aliphatic carbocycles. The number of sulfone groups is 1. The van der Waals surface area contributed by atoms with Crippen molar-refractivity contribution in [3.8, 4) is 0 Å². The summed E-state index contributed by atoms with van der Waals surface area (Å²) in [7, 11) is -3.27. The Morgan fingerprint density at radius 3 is 2.40 bits per heavy atom. The van der Waals surface area contributed by atoms with Crippen molar-refractivity contribution in [2.75, 3.05) is 11.4 Å². The predicted molar refractivity (Wildman–Crippen MR) is 119 cm³/mol. The third-order valence-electron chi connectivity index (χ3n) is 7.02. The van der Waals surface area contributed by atoms with E-state index in [0.717, 1.165) is 48.2 Å². The van der Waals surface area contributed by atoms with Gasteiger partial charge in [0.15, 0.2) is 9.84 Å². The molecule has 1 aliphatic heterocycles. The summed E-state index contributed by atoms with van der Waals surface area (Å²) >= 11 is 0. The third kappa shape index (κ3) is 3.80. The second-order valence-electron chi connectivity index (χ2n) is 9.63. The minimum Gasteiger partial charge on any atom is -0.312 e. The van der Waals surface area contributed by atoms with Crippen molar-refractivity contribution in [2.45, 2.75) is 62.4 Å². The van der Waals surface area contributed by atoms with Crippen LogP contribution in [-0.4, -0.2) is 20.9 Å². The number of anilines is 1. The molecule has 2 saturated carbocycles. The van der Waals surface area contributed by atoms with E-state index in [4.69, 9.17) is 0 Å². The summed E-state index contributed by atoms with van der Waals surface area (Å²) in [4.78, 5) is 14.9. The van der Waals surface area contributed by atoms with Gasteiger partial charge in [0, 0.05) is 24.1 Å². The number of nitrogens with zero attached hydrogens (tertiary/aromatic N) is 1. The van der Waals surface area contributed by atoms with E-state index in [9.17, 15) is 13.2 Å². The number of fused-ring (bicyclic) bond motifs is 2. The van der Waals surface area contributed by atoms with Gasteiger partial charge in [0.2, 0.25) is 5.91 Å². The summed E-state index contributed by atoms with van der Waals surface area (Å²) in [6.07, 6.45) is 6.20. The Kier molecular flexibility index (Phi) is 4.77. The largest absolute Gasteiger partial charge is 0.312 e. The zero-order valence-electron chi connectivity index (χ0n) is 17.6. The molecule has 1 heterocycles. The van der Waals surface area contributed by atoms with Gasteiger partial charge in [-0.1, -0.05) is 48.4 Å². The molecule has 0 aromatic heterocycles. The van der Waals surface area contributed by atoms with Crippen molar-refractivity contribution in [3.05, 3.63) is 64.7 Å². The fourth-order valence-electron chi connectivity index (χ4n) is 5.12. The molecule has 0 bridgehead atoms. The second kappa shape index (κ2) is 7.23. The fourth-order valence-corrected chi connectivity index (χ4v) is 6.59. The molecule has 0 radical (unpaired) electrons. The summed E-state index contributed by atoms with van der Waals surface area (Å²) in [6, 6.07) is 13.7. The number of rotatable bonds is 6. The molecule has 0 unspecified atom stereocenters. The lowest BCUT2D eigenvalue weighted by molar-refractivity contribution is -0.121. The smallest absolute Gasteiger partial charge is 0.227 e. The van der Waals surface area contributed by atoms with E-state index in [1.807, 2.05) is 48.2 Å². The Balaban J connectivity index is 1.43. The number of hydrogen-bond donors (Lipinski definition) is 0. The van der Waals surface area contributed by atoms with Crippen molar-refractivity contribution in [1.82, 2.24) is 0 Å². The first kappa shape index (κ1) is 19.8. The Labute approximate surface area is 179 Å². The lowest BCUT2D eigenvalue weighted by Crippen LogP contribution is -2.48. The Morgan fingerprint density at radius 2 is 1.77 bits per heavy atom. The van der Waals surface area contributed by atoms with E-state index in [2.05, 4.69) is 6.07 Å². The molecule has 2 fully saturated rings. The van der Waals surface area contributed by atoms with Crippen LogP contribution in [0.3, 0.4) is 0 Å². The highest BCUT2D eigenvalue weighted by Gasteiger charge is 2.47. The van der Waals surface area contributed by atoms with Gasteiger partial charge in [-0.25, -0.2) is 8.42 Å². The fraction of sp³-hybridized carbons (Fsp3) is 0.480. The lowest BCUT2D eigenvalue weighted by atomic mass is 9.60. The number of amides is 1. The predicted octanol–water partition coefficient (Wildman–Crippen LogP) is 4.68. The van der Waals surface area contributed by atoms with Gasteiger partial charge in [0.05, 0.1) is 11.5 Å². The van der Waals surface area contributed by atoms with Crippen LogP contribution in [0.4, 0.5) is 5.69 Å². The van der Waals surface area contributed by atoms with E-state index in [-0.39, 0.29) is 22.8 Å². The maximum atomic E-state index is 12.9. The molecule has 158 valence electrons. The average Bonchev–Trinajstić information content (AvgIpc) is 3.46. The molecule has 5 heteroatoms. The van der Waals surface area contributed by atoms with Gasteiger partial charge < -0.3 is 4.90 Å². The van der Waals surface area contributed by atoms with E-state index in [1.54, 1.807) is 0 Å². The molecule has 1 spiro atoms. The summed E-state index contributed by atoms with van der Waals surface area (Å²) in [5.41, 5.74) is 4.92. The normalized spacial score (nSPS) is 20.2. The van der Waals surface area contributed by atoms with E-state index in [1.165, 1.54) is 18.4 Å². The number of carbonyl (C=O) groups is 1. The number of aryl methyl sites for hydroxylation is 1. The van der Waals surface area contributed by atoms with Gasteiger partial charge >= 0.3 is 0 Å². The number of carbonyl (C=O) groups excluding carboxylic acids is 1. The van der Waals surface area contributed by atoms with Crippen LogP contribution < -0.4 is 4.90 Å². The molecule has 4 nitrogen and oxygen atoms in total. The maximum absolute atomic E-state index is 12.9. The topological polar surface area (TPSA) is 54.5 Å². The van der Waals surface area contributed by atoms with Crippen LogP contribution >= 0.6 is 0 Å². The van der Waals surface area contributed by atoms with Crippen LogP contribution in [0.15, 0.2) is 42.5 Å². The van der Waals surface area contributed by atoms with Gasteiger partial charge in [-0.05, 0) is 61.3 Å². The van der Waals surface area contributed by atoms with Crippen molar-refractivity contribution in [1.29, 1.82) is 0 Å². The molecule has 0 atom stereocenters. The first-order chi connectivity index (χ1) is 14.3. The van der Waals surface area contributed by atoms with Crippen LogP contribution in [0.25, 0.3) is 0 Å². The van der Waals surface area contributed by atoms with Gasteiger partial charge in [-0.3, -0.25) is 4.79 Å². The van der Waals surface area contributed by atoms with Crippen LogP contribution in [0, 0.1) is 12.8 Å². The van der Waals surface area contributed by atoms with Gasteiger partial charge in [0.25, 0.3) is 0 Å². The zero-order valence-corrected chi connectivity index (χ0v) is 18.4. The highest BCUT2D eigenvalue weighted by Crippen LogP contribution is 2.53. The quantitative estimate of drug-likeness (QED) is 0.678. The van der Waals surface area contributed by atoms with Crippen LogP contribution in [-0.2, 0) is 31.6 Å². The summed E-state index contributed by atoms with van der Waals surface area (Å²) in [6.45, 7) is 2.79. The molecule has 1 amide bonds. The van der Waals surface area contributed by atoms with Crippen LogP contribution in [0.1, 0.15) is 60.8 Å². The highest BCUT2D eigenvalue weighted by atomic mass is 32.2. The Morgan fingerprint density at radius 1 is 1.03 bits per heavy atom. The van der Waals surface area contributed by atoms with Gasteiger partial charge in [-0.2, -0.15) is 0 Å². The van der Waals surface area contributed by atoms with E-state index >= 15 is 0 Å². The molecular formula is C25H29NO3S. The van der Waals surface area contributed by atoms with Crippen molar-refractivity contribution in [2.24, 2.45) is 5.92 Å². The zero-order chi connectivity index (χ0) is 20.9. The summed E-state index contributed by atoms with van der Waals surface area (Å²) in [5.74, 6) is 0.977. The van der Waals surface area contributed by atoms with E-state index in [0.29, 0.717) is 12.3 Å². The van der Waals surface area contributed by atoms with Crippen LogP contribution in [0.2, 0.25) is 0 Å². The Bertz CT molecular complexity index is 1100. The third-order valence-corrected chi connectivity index (χ3v) is 8.56. The number of hydrogen-bond acceptors (Lipinski definition) is 3. The first-order valence-electron chi connectivity index (χ1n) is 11.0. The SMILES string of the molecule is Cc1cccc(CS(=O)(=O)Cc2ccc3c(c2)C2(CCC2)CC(=O)N3CC2CC2)c1. The lowest BCUT2D eigenvalue weighted by Gasteiger charge is -2.48. The number of benzene rings is 2. The molecular weight excluding hydrogens is 394 g/mol. The average molecular weight is 424 g/mol. The Hall–Kier alpha value is -2.14. The molecule has 5 rings (SSSR count). The van der Waals surface area contributed by atoms with Crippen molar-refractivity contribution in [3.63, 3.8) is 0 Å². The monoisotopic (exact) mass is 423 g/mol. The summed E-state index contributed by atoms with van der Waals surface area (Å²) in [5, 5.41) is 0.